The first-order valence-corrected chi connectivity index (χ1v) is 21.0. The van der Waals surface area contributed by atoms with Gasteiger partial charge in [0, 0.05) is 10.9 Å². The summed E-state index contributed by atoms with van der Waals surface area (Å²) in [6.07, 6.45) is 0. The summed E-state index contributed by atoms with van der Waals surface area (Å²) in [6, 6.07) is 9.48. The van der Waals surface area contributed by atoms with Crippen molar-refractivity contribution in [1.82, 2.24) is 0 Å². The Morgan fingerprint density at radius 1 is 0.675 bits per heavy atom. The van der Waals surface area contributed by atoms with E-state index in [-0.39, 0.29) is 33.2 Å². The highest BCUT2D eigenvalue weighted by Crippen LogP contribution is 2.59. The molecule has 0 amide bonds. The molecule has 1 N–H and O–H groups in total. The van der Waals surface area contributed by atoms with Crippen molar-refractivity contribution in [2.24, 2.45) is 0 Å². The molecule has 4 rings (SSSR count). The minimum absolute atomic E-state index is 0.183. The van der Waals surface area contributed by atoms with E-state index >= 15 is 0 Å². The van der Waals surface area contributed by atoms with Crippen molar-refractivity contribution < 1.29 is 32.5 Å². The van der Waals surface area contributed by atoms with Crippen LogP contribution < -0.4 is 10.9 Å². The van der Waals surface area contributed by atoms with E-state index < -0.39 is 31.3 Å². The van der Waals surface area contributed by atoms with Gasteiger partial charge in [-0.25, -0.2) is 8.78 Å². The summed E-state index contributed by atoms with van der Waals surface area (Å²) in [5, 5.41) is 9.55. The summed E-state index contributed by atoms with van der Waals surface area (Å²) < 4.78 is 50.2. The van der Waals surface area contributed by atoms with E-state index in [2.05, 4.69) is 62.4 Å². The van der Waals surface area contributed by atoms with Gasteiger partial charge in [-0.1, -0.05) is 40.2 Å². The summed E-state index contributed by atoms with van der Waals surface area (Å²) in [5.74, 6) is -0.634. The quantitative estimate of drug-likeness (QED) is 0.192. The second kappa shape index (κ2) is 14.6. The number of halogens is 6. The fourth-order valence-corrected chi connectivity index (χ4v) is 4.09. The largest absolute Gasteiger partial charge is 0.494 e. The molecule has 2 aliphatic rings. The van der Waals surface area contributed by atoms with E-state index in [9.17, 15) is 8.78 Å². The van der Waals surface area contributed by atoms with Crippen molar-refractivity contribution in [1.29, 1.82) is 0 Å². The molecule has 2 saturated heterocycles. The maximum atomic E-state index is 13.4. The van der Waals surface area contributed by atoms with Gasteiger partial charge < -0.3 is 23.7 Å². The number of aliphatic hydroxyl groups excluding tert-OH is 1. The summed E-state index contributed by atoms with van der Waals surface area (Å²) in [4.78, 5) is 0. The molecule has 40 heavy (non-hydrogen) atoms. The zero-order valence-corrected chi connectivity index (χ0v) is 31.1. The first-order valence-electron chi connectivity index (χ1n) is 12.5. The van der Waals surface area contributed by atoms with Crippen LogP contribution in [0.5, 0.6) is 0 Å². The molecule has 0 saturated carbocycles. The van der Waals surface area contributed by atoms with Gasteiger partial charge in [0.25, 0.3) is 0 Å². The second-order valence-electron chi connectivity index (χ2n) is 11.4. The highest BCUT2D eigenvalue weighted by Gasteiger charge is 2.52. The Labute approximate surface area is 271 Å². The van der Waals surface area contributed by atoms with Crippen molar-refractivity contribution in [3.8, 4) is 0 Å². The van der Waals surface area contributed by atoms with Gasteiger partial charge in [0.05, 0.1) is 29.0 Å². The molecule has 2 aromatic carbocycles. The Kier molecular flexibility index (Phi) is 13.4. The molecule has 0 atom stereocenters. The number of rotatable bonds is 4. The molecule has 14 heteroatoms. The topological polar surface area (TPSA) is 57.2 Å². The van der Waals surface area contributed by atoms with Crippen molar-refractivity contribution in [2.75, 3.05) is 0 Å². The fourth-order valence-electron chi connectivity index (χ4n) is 3.66. The molecule has 2 heterocycles. The normalized spacial score (nSPS) is 20.1. The summed E-state index contributed by atoms with van der Waals surface area (Å²) in [7, 11) is -0.964. The molecule has 0 spiro atoms. The van der Waals surface area contributed by atoms with Gasteiger partial charge in [0.2, 0.25) is 0 Å². The van der Waals surface area contributed by atoms with Crippen LogP contribution in [0.2, 0.25) is 0 Å². The van der Waals surface area contributed by atoms with Gasteiger partial charge in [-0.2, -0.15) is 0 Å². The third-order valence-electron chi connectivity index (χ3n) is 7.50. The number of alkyl halides is 1. The Bertz CT molecular complexity index is 1040. The lowest BCUT2D eigenvalue weighted by Gasteiger charge is -2.32. The molecule has 0 bridgehead atoms. The maximum Gasteiger partial charge on any atom is 0.494 e. The molecule has 0 radical (unpaired) electrons. The minimum atomic E-state index is -0.527. The van der Waals surface area contributed by atoms with Crippen LogP contribution in [0.4, 0.5) is 8.78 Å². The lowest BCUT2D eigenvalue weighted by atomic mass is 9.78. The van der Waals surface area contributed by atoms with Crippen molar-refractivity contribution in [3.05, 3.63) is 59.2 Å². The molecule has 2 fully saturated rings. The van der Waals surface area contributed by atoms with E-state index in [0.717, 1.165) is 10.9 Å². The van der Waals surface area contributed by atoms with Crippen LogP contribution in [0.25, 0.3) is 0 Å². The first-order chi connectivity index (χ1) is 18.3. The van der Waals surface area contributed by atoms with Crippen LogP contribution >= 0.6 is 66.4 Å². The predicted octanol–water partition coefficient (Wildman–Crippen LogP) is 8.04. The fraction of sp³-hybridized carbons (Fsp3) is 0.538. The summed E-state index contributed by atoms with van der Waals surface area (Å²) >= 11 is 12.8. The van der Waals surface area contributed by atoms with Crippen LogP contribution in [-0.4, -0.2) is 41.7 Å². The molecule has 0 unspecified atom stereocenters. The monoisotopic (exact) mass is 834 g/mol. The average molecular weight is 838 g/mol. The maximum absolute atomic E-state index is 13.4. The molecule has 2 aromatic rings. The second-order valence-corrected chi connectivity index (χ2v) is 27.3. The SMILES string of the molecule is BrP(Br)Br.CC1(C)OB(c2ccc(F)c(CBr)c2)OC1(C)C.CC1(C)OB(c2ccc(F)c(CO)c2)OC1(C)C. The number of hydrogen-bond donors (Lipinski definition) is 1. The molecule has 222 valence electrons. The third kappa shape index (κ3) is 9.29. The van der Waals surface area contributed by atoms with Crippen molar-refractivity contribution in [3.63, 3.8) is 0 Å². The van der Waals surface area contributed by atoms with E-state index in [0.29, 0.717) is 10.9 Å². The van der Waals surface area contributed by atoms with Crippen LogP contribution in [0.1, 0.15) is 66.5 Å². The van der Waals surface area contributed by atoms with E-state index in [4.69, 9.17) is 23.7 Å². The van der Waals surface area contributed by atoms with E-state index in [1.54, 1.807) is 24.3 Å². The van der Waals surface area contributed by atoms with Gasteiger partial charge in [-0.3, -0.25) is 0 Å². The van der Waals surface area contributed by atoms with Crippen LogP contribution in [0.3, 0.4) is 0 Å². The van der Waals surface area contributed by atoms with Gasteiger partial charge in [-0.15, -0.1) is 0 Å². The van der Waals surface area contributed by atoms with Gasteiger partial charge in [0.15, 0.2) is 0 Å². The zero-order valence-electron chi connectivity index (χ0n) is 23.8. The molecule has 0 aliphatic carbocycles. The molecule has 0 aromatic heterocycles. The van der Waals surface area contributed by atoms with Crippen molar-refractivity contribution >= 4 is 91.6 Å². The van der Waals surface area contributed by atoms with E-state index in [1.807, 2.05) is 55.4 Å². The van der Waals surface area contributed by atoms with Gasteiger partial charge in [0.1, 0.15) is 15.7 Å². The Hall–Kier alpha value is 0.580. The standard InChI is InChI=1S/C13H17BBrFO2.C13H18BFO3.Br3P/c1-12(2)13(3,4)18-14(17-12)10-5-6-11(16)9(7-10)8-15;1-12(2)13(3,4)18-14(17-12)10-5-6-11(15)9(7-10)8-16;1-4(2)3/h5-7H,8H2,1-4H3;5-7,16H,8H2,1-4H3;. The highest BCUT2D eigenvalue weighted by molar-refractivity contribution is 9.93. The van der Waals surface area contributed by atoms with Crippen LogP contribution in [-0.2, 0) is 30.6 Å². The molecular weight excluding hydrogens is 802 g/mol. The molecule has 5 nitrogen and oxygen atoms in total. The van der Waals surface area contributed by atoms with Gasteiger partial charge in [-0.05, 0) is 130 Å². The summed E-state index contributed by atoms with van der Waals surface area (Å²) in [6.45, 7) is 15.5. The smallest absolute Gasteiger partial charge is 0.399 e. The Morgan fingerprint density at radius 3 is 1.27 bits per heavy atom. The van der Waals surface area contributed by atoms with Crippen LogP contribution in [0, 0.1) is 11.6 Å². The number of hydrogen-bond acceptors (Lipinski definition) is 5. The molecule has 2 aliphatic heterocycles. The van der Waals surface area contributed by atoms with Crippen LogP contribution in [0.15, 0.2) is 36.4 Å². The predicted molar refractivity (Wildman–Crippen MR) is 176 cm³/mol. The van der Waals surface area contributed by atoms with E-state index in [1.165, 1.54) is 12.1 Å². The van der Waals surface area contributed by atoms with Crippen molar-refractivity contribution in [2.45, 2.75) is 89.7 Å². The van der Waals surface area contributed by atoms with Gasteiger partial charge >= 0.3 is 14.2 Å². The Morgan fingerprint density at radius 2 is 0.975 bits per heavy atom. The lowest BCUT2D eigenvalue weighted by molar-refractivity contribution is 0.00578. The number of aliphatic hydroxyl groups is 1. The lowest BCUT2D eigenvalue weighted by Crippen LogP contribution is -2.41. The first kappa shape index (κ1) is 36.8. The number of benzene rings is 2. The average Bonchev–Trinajstić information content (AvgIpc) is 3.19. The minimum Gasteiger partial charge on any atom is -0.399 e. The zero-order chi connectivity index (χ0) is 30.7. The highest BCUT2D eigenvalue weighted by atomic mass is 80.0. The molecular formula is C26H35B2Br4F2O5P. The third-order valence-corrected chi connectivity index (χ3v) is 8.11. The summed E-state index contributed by atoms with van der Waals surface area (Å²) in [5.41, 5.74) is 0.839. The Balaban J connectivity index is 0.000000247.